The van der Waals surface area contributed by atoms with Crippen molar-refractivity contribution in [2.45, 2.75) is 50.6 Å². The number of alkyl halides is 3. The van der Waals surface area contributed by atoms with Crippen molar-refractivity contribution in [1.29, 1.82) is 5.41 Å². The summed E-state index contributed by atoms with van der Waals surface area (Å²) in [4.78, 5) is 0.136. The molecule has 10 heteroatoms. The summed E-state index contributed by atoms with van der Waals surface area (Å²) < 4.78 is 66.8. The van der Waals surface area contributed by atoms with E-state index in [4.69, 9.17) is 5.41 Å². The minimum Gasteiger partial charge on any atom is -0.326 e. The number of nitrogens with zero attached hydrogens (tertiary/aromatic N) is 1. The minimum atomic E-state index is -4.55. The first-order valence-corrected chi connectivity index (χ1v) is 11.9. The van der Waals surface area contributed by atoms with E-state index in [1.165, 1.54) is 46.8 Å². The van der Waals surface area contributed by atoms with E-state index in [2.05, 4.69) is 10.6 Å². The first-order valence-electron chi connectivity index (χ1n) is 10.5. The molecule has 0 radical (unpaired) electrons. The maximum atomic E-state index is 13.1. The summed E-state index contributed by atoms with van der Waals surface area (Å²) in [5, 5.41) is 13.0. The van der Waals surface area contributed by atoms with Gasteiger partial charge >= 0.3 is 6.18 Å². The summed E-state index contributed by atoms with van der Waals surface area (Å²) >= 11 is 0. The van der Waals surface area contributed by atoms with Crippen LogP contribution in [0.3, 0.4) is 0 Å². The van der Waals surface area contributed by atoms with Crippen LogP contribution in [0, 0.1) is 5.41 Å². The van der Waals surface area contributed by atoms with Crippen molar-refractivity contribution in [2.75, 3.05) is 23.7 Å². The van der Waals surface area contributed by atoms with Gasteiger partial charge in [0.1, 0.15) is 0 Å². The number of hydrogen-bond donors (Lipinski definition) is 3. The summed E-state index contributed by atoms with van der Waals surface area (Å²) in [6, 6.07) is 10.7. The average Bonchev–Trinajstić information content (AvgIpc) is 2.73. The lowest BCUT2D eigenvalue weighted by Crippen LogP contribution is -2.33. The van der Waals surface area contributed by atoms with Crippen LogP contribution in [0.25, 0.3) is 0 Å². The van der Waals surface area contributed by atoms with Crippen LogP contribution in [-0.2, 0) is 16.2 Å². The second kappa shape index (κ2) is 11.3. The number of nitrogens with one attached hydrogen (secondary N) is 3. The van der Waals surface area contributed by atoms with Crippen LogP contribution in [0.2, 0.25) is 0 Å². The van der Waals surface area contributed by atoms with Gasteiger partial charge in [-0.25, -0.2) is 8.42 Å². The third-order valence-electron chi connectivity index (χ3n) is 4.78. The number of unbranched alkanes of at least 4 members (excludes halogenated alkanes) is 2. The van der Waals surface area contributed by atoms with Crippen LogP contribution in [0.4, 0.5) is 24.5 Å². The number of sulfonamides is 1. The largest absolute Gasteiger partial charge is 0.418 e. The molecule has 6 nitrogen and oxygen atoms in total. The van der Waals surface area contributed by atoms with E-state index >= 15 is 0 Å². The number of hydrogen-bond acceptors (Lipinski definition) is 3. The fraction of sp³-hybridized carbons (Fsp3) is 0.409. The number of para-hydroxylation sites is 1. The molecular formula is C22H29F3N4O2S. The number of halogens is 3. The van der Waals surface area contributed by atoms with Gasteiger partial charge in [-0.2, -0.15) is 17.5 Å². The van der Waals surface area contributed by atoms with Gasteiger partial charge in [-0.3, -0.25) is 5.41 Å². The predicted octanol–water partition coefficient (Wildman–Crippen LogP) is 5.76. The first-order chi connectivity index (χ1) is 15.1. The maximum Gasteiger partial charge on any atom is 0.418 e. The molecule has 2 aromatic carbocycles. The van der Waals surface area contributed by atoms with Crippen molar-refractivity contribution in [3.05, 3.63) is 54.1 Å². The van der Waals surface area contributed by atoms with Gasteiger partial charge in [0.2, 0.25) is 10.0 Å². The van der Waals surface area contributed by atoms with Crippen LogP contribution in [-0.4, -0.2) is 31.8 Å². The van der Waals surface area contributed by atoms with Gasteiger partial charge in [0, 0.05) is 18.8 Å². The van der Waals surface area contributed by atoms with Crippen molar-refractivity contribution in [2.24, 2.45) is 0 Å². The molecule has 0 aliphatic rings. The summed E-state index contributed by atoms with van der Waals surface area (Å²) in [5.74, 6) is -0.371. The van der Waals surface area contributed by atoms with E-state index in [1.807, 2.05) is 13.8 Å². The zero-order valence-electron chi connectivity index (χ0n) is 18.2. The first kappa shape index (κ1) is 25.7. The average molecular weight is 471 g/mol. The maximum absolute atomic E-state index is 13.1. The van der Waals surface area contributed by atoms with Crippen LogP contribution in [0.1, 0.15) is 45.1 Å². The Morgan fingerprint density at radius 3 is 2.03 bits per heavy atom. The highest BCUT2D eigenvalue weighted by Crippen LogP contribution is 2.34. The Labute approximate surface area is 187 Å². The molecule has 2 aromatic rings. The van der Waals surface area contributed by atoms with Crippen molar-refractivity contribution in [3.63, 3.8) is 0 Å². The highest BCUT2D eigenvalue weighted by molar-refractivity contribution is 7.89. The van der Waals surface area contributed by atoms with Crippen LogP contribution in [0.15, 0.2) is 53.4 Å². The van der Waals surface area contributed by atoms with Crippen molar-refractivity contribution in [1.82, 2.24) is 4.31 Å². The van der Waals surface area contributed by atoms with E-state index in [1.54, 1.807) is 0 Å². The summed E-state index contributed by atoms with van der Waals surface area (Å²) in [6.45, 7) is 4.90. The minimum absolute atomic E-state index is 0.136. The van der Waals surface area contributed by atoms with Crippen molar-refractivity contribution >= 4 is 27.4 Å². The van der Waals surface area contributed by atoms with Crippen molar-refractivity contribution < 1.29 is 21.6 Å². The molecule has 0 aliphatic carbocycles. The van der Waals surface area contributed by atoms with E-state index in [0.29, 0.717) is 18.8 Å². The van der Waals surface area contributed by atoms with E-state index in [9.17, 15) is 21.6 Å². The molecule has 0 aromatic heterocycles. The van der Waals surface area contributed by atoms with Gasteiger partial charge < -0.3 is 10.6 Å². The van der Waals surface area contributed by atoms with Crippen LogP contribution in [0.5, 0.6) is 0 Å². The van der Waals surface area contributed by atoms with Crippen molar-refractivity contribution in [3.8, 4) is 0 Å². The monoisotopic (exact) mass is 470 g/mol. The summed E-state index contributed by atoms with van der Waals surface area (Å²) in [6.07, 6.45) is -1.25. The molecular weight excluding hydrogens is 441 g/mol. The zero-order chi connectivity index (χ0) is 23.8. The Bertz CT molecular complexity index is 985. The molecule has 0 spiro atoms. The molecule has 0 aliphatic heterocycles. The fourth-order valence-corrected chi connectivity index (χ4v) is 4.55. The topological polar surface area (TPSA) is 85.3 Å². The molecule has 0 unspecified atom stereocenters. The lowest BCUT2D eigenvalue weighted by atomic mass is 10.1. The summed E-state index contributed by atoms with van der Waals surface area (Å²) in [5.41, 5.74) is -0.758. The predicted molar refractivity (Wildman–Crippen MR) is 121 cm³/mol. The van der Waals surface area contributed by atoms with Crippen LogP contribution >= 0.6 is 0 Å². The Morgan fingerprint density at radius 1 is 0.938 bits per heavy atom. The third-order valence-corrected chi connectivity index (χ3v) is 6.69. The number of rotatable bonds is 10. The molecule has 0 bridgehead atoms. The lowest BCUT2D eigenvalue weighted by Gasteiger charge is -2.22. The summed E-state index contributed by atoms with van der Waals surface area (Å²) in [7, 11) is -3.65. The molecule has 0 amide bonds. The van der Waals surface area contributed by atoms with Gasteiger partial charge in [0.25, 0.3) is 0 Å². The van der Waals surface area contributed by atoms with Gasteiger partial charge in [-0.1, -0.05) is 38.8 Å². The highest BCUT2D eigenvalue weighted by atomic mass is 32.2. The molecule has 0 atom stereocenters. The van der Waals surface area contributed by atoms with Crippen LogP contribution < -0.4 is 10.6 Å². The smallest absolute Gasteiger partial charge is 0.326 e. The Hall–Kier alpha value is -2.59. The Kier molecular flexibility index (Phi) is 9.09. The third kappa shape index (κ3) is 6.96. The molecule has 176 valence electrons. The normalized spacial score (nSPS) is 12.1. The second-order valence-corrected chi connectivity index (χ2v) is 9.24. The highest BCUT2D eigenvalue weighted by Gasteiger charge is 2.33. The van der Waals surface area contributed by atoms with Gasteiger partial charge in [-0.15, -0.1) is 0 Å². The van der Waals surface area contributed by atoms with E-state index in [-0.39, 0.29) is 16.5 Å². The van der Waals surface area contributed by atoms with Gasteiger partial charge in [0.05, 0.1) is 16.1 Å². The standard InChI is InChI=1S/C22H29F3N4O2S/c1-3-5-15-29(16-6-4-2)32(30,31)18-13-11-17(12-14-18)27-21(26)28-20-10-8-7-9-19(20)22(23,24)25/h7-14H,3-6,15-16H2,1-2H3,(H3,26,27,28). The number of guanidine groups is 1. The van der Waals surface area contributed by atoms with Gasteiger partial charge in [-0.05, 0) is 49.2 Å². The molecule has 2 rings (SSSR count). The molecule has 0 saturated heterocycles. The van der Waals surface area contributed by atoms with E-state index in [0.717, 1.165) is 31.7 Å². The molecule has 0 fully saturated rings. The molecule has 3 N–H and O–H groups in total. The number of benzene rings is 2. The molecule has 0 saturated carbocycles. The Balaban J connectivity index is 2.11. The zero-order valence-corrected chi connectivity index (χ0v) is 19.0. The quantitative estimate of drug-likeness (QED) is 0.305. The molecule has 0 heterocycles. The fourth-order valence-electron chi connectivity index (χ4n) is 3.03. The Morgan fingerprint density at radius 2 is 1.50 bits per heavy atom. The SMILES string of the molecule is CCCCN(CCCC)S(=O)(=O)c1ccc(NC(=N)Nc2ccccc2C(F)(F)F)cc1. The van der Waals surface area contributed by atoms with E-state index < -0.39 is 21.8 Å². The van der Waals surface area contributed by atoms with Gasteiger partial charge in [0.15, 0.2) is 5.96 Å². The molecule has 32 heavy (non-hydrogen) atoms. The number of anilines is 2. The lowest BCUT2D eigenvalue weighted by molar-refractivity contribution is -0.136. The second-order valence-electron chi connectivity index (χ2n) is 7.30.